The molecule has 1 rings (SSSR count). The number of carbonyl (C=O) groups is 1. The summed E-state index contributed by atoms with van der Waals surface area (Å²) >= 11 is 0. The first-order valence-corrected chi connectivity index (χ1v) is 6.64. The Kier molecular flexibility index (Phi) is 6.45. The van der Waals surface area contributed by atoms with Crippen molar-refractivity contribution in [3.8, 4) is 5.75 Å². The second kappa shape index (κ2) is 7.85. The summed E-state index contributed by atoms with van der Waals surface area (Å²) in [4.78, 5) is 11.7. The van der Waals surface area contributed by atoms with Gasteiger partial charge in [0.05, 0.1) is 26.2 Å². The van der Waals surface area contributed by atoms with Crippen LogP contribution in [0.25, 0.3) is 0 Å². The number of benzene rings is 1. The van der Waals surface area contributed by atoms with Gasteiger partial charge >= 0.3 is 5.97 Å². The monoisotopic (exact) mass is 284 g/mol. The van der Waals surface area contributed by atoms with Gasteiger partial charge in [-0.05, 0) is 24.1 Å². The number of rotatable bonds is 7. The number of aliphatic hydroxyl groups excluding tert-OH is 1. The Morgan fingerprint density at radius 3 is 2.60 bits per heavy atom. The normalized spacial score (nSPS) is 13.7. The number of halogens is 1. The van der Waals surface area contributed by atoms with E-state index in [-0.39, 0.29) is 5.75 Å². The van der Waals surface area contributed by atoms with Crippen molar-refractivity contribution in [2.24, 2.45) is 5.92 Å². The topological polar surface area (TPSA) is 55.8 Å². The highest BCUT2D eigenvalue weighted by atomic mass is 19.1. The molecule has 0 heterocycles. The standard InChI is InChI=1S/C15H21FO4/c1-4-5-6-11(15(18)20-3)14(17)10-7-8-13(19-2)12(16)9-10/h7-9,11,14,17H,4-6H2,1-3H3. The van der Waals surface area contributed by atoms with Crippen LogP contribution in [0.3, 0.4) is 0 Å². The summed E-state index contributed by atoms with van der Waals surface area (Å²) in [5, 5.41) is 10.3. The van der Waals surface area contributed by atoms with Crippen LogP contribution in [-0.4, -0.2) is 25.3 Å². The van der Waals surface area contributed by atoms with Crippen molar-refractivity contribution >= 4 is 5.97 Å². The van der Waals surface area contributed by atoms with E-state index in [9.17, 15) is 14.3 Å². The maximum Gasteiger partial charge on any atom is 0.311 e. The number of ether oxygens (including phenoxy) is 2. The van der Waals surface area contributed by atoms with Crippen molar-refractivity contribution < 1.29 is 23.8 Å². The van der Waals surface area contributed by atoms with Crippen LogP contribution >= 0.6 is 0 Å². The third-order valence-corrected chi connectivity index (χ3v) is 3.27. The third kappa shape index (κ3) is 3.93. The van der Waals surface area contributed by atoms with Crippen molar-refractivity contribution in [1.29, 1.82) is 0 Å². The van der Waals surface area contributed by atoms with E-state index in [1.807, 2.05) is 6.92 Å². The molecule has 1 aromatic rings. The van der Waals surface area contributed by atoms with Crippen LogP contribution in [0.1, 0.15) is 37.9 Å². The molecule has 2 unspecified atom stereocenters. The van der Waals surface area contributed by atoms with E-state index in [1.54, 1.807) is 6.07 Å². The van der Waals surface area contributed by atoms with E-state index in [4.69, 9.17) is 9.47 Å². The van der Waals surface area contributed by atoms with E-state index in [0.717, 1.165) is 12.8 Å². The summed E-state index contributed by atoms with van der Waals surface area (Å²) in [6, 6.07) is 4.17. The fourth-order valence-electron chi connectivity index (χ4n) is 2.08. The van der Waals surface area contributed by atoms with E-state index >= 15 is 0 Å². The molecule has 1 aromatic carbocycles. The lowest BCUT2D eigenvalue weighted by molar-refractivity contribution is -0.150. The average Bonchev–Trinajstić information content (AvgIpc) is 2.46. The molecule has 2 atom stereocenters. The largest absolute Gasteiger partial charge is 0.494 e. The first-order valence-electron chi connectivity index (χ1n) is 6.64. The fourth-order valence-corrected chi connectivity index (χ4v) is 2.08. The van der Waals surface area contributed by atoms with Crippen LogP contribution < -0.4 is 4.74 Å². The maximum absolute atomic E-state index is 13.7. The molecule has 0 saturated carbocycles. The molecular formula is C15H21FO4. The molecule has 5 heteroatoms. The summed E-state index contributed by atoms with van der Waals surface area (Å²) < 4.78 is 23.2. The smallest absolute Gasteiger partial charge is 0.311 e. The predicted octanol–water partition coefficient (Wildman–Crippen LogP) is 2.85. The quantitative estimate of drug-likeness (QED) is 0.782. The number of aliphatic hydroxyl groups is 1. The molecule has 0 bridgehead atoms. The Hall–Kier alpha value is -1.62. The number of hydrogen-bond acceptors (Lipinski definition) is 4. The highest BCUT2D eigenvalue weighted by molar-refractivity contribution is 5.73. The van der Waals surface area contributed by atoms with Crippen LogP contribution in [0.15, 0.2) is 18.2 Å². The summed E-state index contributed by atoms with van der Waals surface area (Å²) in [7, 11) is 2.65. The molecule has 1 N–H and O–H groups in total. The second-order valence-corrected chi connectivity index (χ2v) is 4.61. The van der Waals surface area contributed by atoms with E-state index in [0.29, 0.717) is 12.0 Å². The van der Waals surface area contributed by atoms with Crippen molar-refractivity contribution in [2.75, 3.05) is 14.2 Å². The number of unbranched alkanes of at least 4 members (excludes halogenated alkanes) is 1. The minimum Gasteiger partial charge on any atom is -0.494 e. The molecule has 0 aliphatic heterocycles. The number of methoxy groups -OCH3 is 2. The van der Waals surface area contributed by atoms with Gasteiger partial charge < -0.3 is 14.6 Å². The van der Waals surface area contributed by atoms with Gasteiger partial charge in [0.2, 0.25) is 0 Å². The van der Waals surface area contributed by atoms with Crippen LogP contribution in [0.5, 0.6) is 5.75 Å². The summed E-state index contributed by atoms with van der Waals surface area (Å²) in [5.41, 5.74) is 0.342. The van der Waals surface area contributed by atoms with Crippen molar-refractivity contribution in [2.45, 2.75) is 32.3 Å². The van der Waals surface area contributed by atoms with Crippen LogP contribution in [0.4, 0.5) is 4.39 Å². The fraction of sp³-hybridized carbons (Fsp3) is 0.533. The zero-order chi connectivity index (χ0) is 15.1. The van der Waals surface area contributed by atoms with Crippen molar-refractivity contribution in [1.82, 2.24) is 0 Å². The van der Waals surface area contributed by atoms with Gasteiger partial charge in [0.15, 0.2) is 11.6 Å². The highest BCUT2D eigenvalue weighted by Gasteiger charge is 2.28. The first kappa shape index (κ1) is 16.4. The Morgan fingerprint density at radius 2 is 2.10 bits per heavy atom. The number of carbonyl (C=O) groups excluding carboxylic acids is 1. The molecule has 0 fully saturated rings. The Balaban J connectivity index is 2.95. The predicted molar refractivity (Wildman–Crippen MR) is 72.9 cm³/mol. The van der Waals surface area contributed by atoms with E-state index in [2.05, 4.69) is 0 Å². The van der Waals surface area contributed by atoms with Gasteiger partial charge in [-0.3, -0.25) is 4.79 Å². The number of hydrogen-bond donors (Lipinski definition) is 1. The van der Waals surface area contributed by atoms with Gasteiger partial charge in [0, 0.05) is 0 Å². The van der Waals surface area contributed by atoms with Gasteiger partial charge in [-0.15, -0.1) is 0 Å². The molecule has 0 aliphatic carbocycles. The summed E-state index contributed by atoms with van der Waals surface area (Å²) in [6.07, 6.45) is 1.10. The van der Waals surface area contributed by atoms with Crippen LogP contribution in [0.2, 0.25) is 0 Å². The Labute approximate surface area is 118 Å². The zero-order valence-corrected chi connectivity index (χ0v) is 12.1. The van der Waals surface area contributed by atoms with Crippen LogP contribution in [0, 0.1) is 11.7 Å². The Bertz CT molecular complexity index is 447. The first-order chi connectivity index (χ1) is 9.54. The van der Waals surface area contributed by atoms with Crippen molar-refractivity contribution in [3.63, 3.8) is 0 Å². The molecule has 112 valence electrons. The van der Waals surface area contributed by atoms with Gasteiger partial charge in [-0.1, -0.05) is 25.8 Å². The zero-order valence-electron chi connectivity index (χ0n) is 12.1. The van der Waals surface area contributed by atoms with E-state index in [1.165, 1.54) is 26.4 Å². The molecule has 0 radical (unpaired) electrons. The van der Waals surface area contributed by atoms with Gasteiger partial charge in [-0.25, -0.2) is 4.39 Å². The SMILES string of the molecule is CCCCC(C(=O)OC)C(O)c1ccc(OC)c(F)c1. The molecule has 20 heavy (non-hydrogen) atoms. The lowest BCUT2D eigenvalue weighted by Gasteiger charge is -2.21. The lowest BCUT2D eigenvalue weighted by Crippen LogP contribution is -2.23. The minimum absolute atomic E-state index is 0.101. The average molecular weight is 284 g/mol. The molecule has 0 aliphatic rings. The van der Waals surface area contributed by atoms with E-state index < -0.39 is 23.8 Å². The third-order valence-electron chi connectivity index (χ3n) is 3.27. The molecular weight excluding hydrogens is 263 g/mol. The van der Waals surface area contributed by atoms with Gasteiger partial charge in [0.25, 0.3) is 0 Å². The highest BCUT2D eigenvalue weighted by Crippen LogP contribution is 2.30. The summed E-state index contributed by atoms with van der Waals surface area (Å²) in [6.45, 7) is 1.99. The molecule has 0 aromatic heterocycles. The summed E-state index contributed by atoms with van der Waals surface area (Å²) in [5.74, 6) is -1.64. The van der Waals surface area contributed by atoms with Gasteiger partial charge in [-0.2, -0.15) is 0 Å². The minimum atomic E-state index is -1.09. The molecule has 0 saturated heterocycles. The maximum atomic E-state index is 13.7. The molecule has 0 spiro atoms. The Morgan fingerprint density at radius 1 is 1.40 bits per heavy atom. The number of esters is 1. The second-order valence-electron chi connectivity index (χ2n) is 4.61. The lowest BCUT2D eigenvalue weighted by atomic mass is 9.91. The molecule has 0 amide bonds. The molecule has 4 nitrogen and oxygen atoms in total. The van der Waals surface area contributed by atoms with Crippen molar-refractivity contribution in [3.05, 3.63) is 29.6 Å². The van der Waals surface area contributed by atoms with Crippen LogP contribution in [-0.2, 0) is 9.53 Å². The van der Waals surface area contributed by atoms with Gasteiger partial charge in [0.1, 0.15) is 0 Å².